The maximum Gasteiger partial charge on any atom is 0.266 e. The van der Waals surface area contributed by atoms with Crippen LogP contribution in [-0.4, -0.2) is 17.6 Å². The van der Waals surface area contributed by atoms with Crippen LogP contribution in [0.5, 0.6) is 5.75 Å². The Kier molecular flexibility index (Phi) is 5.15. The molecule has 1 aliphatic heterocycles. The van der Waals surface area contributed by atoms with Crippen molar-refractivity contribution in [3.05, 3.63) is 66.1 Å². The number of aromatic nitrogens is 2. The summed E-state index contributed by atoms with van der Waals surface area (Å²) < 4.78 is 9.67. The van der Waals surface area contributed by atoms with Crippen molar-refractivity contribution in [2.75, 3.05) is 12.4 Å². The van der Waals surface area contributed by atoms with Gasteiger partial charge in [0.2, 0.25) is 0 Å². The fraction of sp³-hybridized carbons (Fsp3) is 0.304. The van der Waals surface area contributed by atoms with Crippen molar-refractivity contribution in [3.8, 4) is 17.0 Å². The van der Waals surface area contributed by atoms with Crippen LogP contribution in [0.4, 0.5) is 5.69 Å². The Balaban J connectivity index is 1.53. The second-order valence-electron chi connectivity index (χ2n) is 7.14. The van der Waals surface area contributed by atoms with Crippen molar-refractivity contribution in [1.29, 1.82) is 0 Å². The highest BCUT2D eigenvalue weighted by molar-refractivity contribution is 5.89. The lowest BCUT2D eigenvalue weighted by atomic mass is 10.1. The van der Waals surface area contributed by atoms with Gasteiger partial charge in [0.05, 0.1) is 20.1 Å². The topological polar surface area (TPSA) is 47.1 Å². The predicted octanol–water partition coefficient (Wildman–Crippen LogP) is 3.60. The van der Waals surface area contributed by atoms with Crippen LogP contribution in [0.2, 0.25) is 0 Å². The van der Waals surface area contributed by atoms with E-state index in [0.29, 0.717) is 6.54 Å². The van der Waals surface area contributed by atoms with Crippen LogP contribution in [0, 0.1) is 0 Å². The largest absolute Gasteiger partial charge is 0.497 e. The van der Waals surface area contributed by atoms with Gasteiger partial charge in [-0.25, -0.2) is 9.13 Å². The number of rotatable bonds is 6. The molecule has 2 aromatic carbocycles. The number of amides is 1. The van der Waals surface area contributed by atoms with Gasteiger partial charge < -0.3 is 10.1 Å². The summed E-state index contributed by atoms with van der Waals surface area (Å²) in [6, 6.07) is 16.1. The molecule has 5 nitrogen and oxygen atoms in total. The molecule has 0 unspecified atom stereocenters. The zero-order chi connectivity index (χ0) is 19.5. The summed E-state index contributed by atoms with van der Waals surface area (Å²) in [6.07, 6.45) is 5.19. The third kappa shape index (κ3) is 3.65. The Morgan fingerprint density at radius 1 is 1.14 bits per heavy atom. The van der Waals surface area contributed by atoms with E-state index in [1.165, 1.54) is 11.4 Å². The van der Waals surface area contributed by atoms with E-state index >= 15 is 0 Å². The summed E-state index contributed by atoms with van der Waals surface area (Å²) in [7, 11) is 1.67. The fourth-order valence-electron chi connectivity index (χ4n) is 3.82. The van der Waals surface area contributed by atoms with Gasteiger partial charge in [-0.1, -0.05) is 19.1 Å². The van der Waals surface area contributed by atoms with Crippen LogP contribution in [-0.2, 0) is 30.7 Å². The fourth-order valence-corrected chi connectivity index (χ4v) is 3.82. The number of nitrogens with one attached hydrogen (secondary N) is 1. The van der Waals surface area contributed by atoms with Gasteiger partial charge in [0.25, 0.3) is 11.7 Å². The molecule has 1 aromatic heterocycles. The zero-order valence-corrected chi connectivity index (χ0v) is 16.4. The second kappa shape index (κ2) is 7.89. The minimum Gasteiger partial charge on any atom is -0.497 e. The van der Waals surface area contributed by atoms with Gasteiger partial charge in [0.15, 0.2) is 12.2 Å². The molecular weight excluding hydrogens is 350 g/mol. The molecule has 5 heteroatoms. The first kappa shape index (κ1) is 18.3. The van der Waals surface area contributed by atoms with E-state index in [1.807, 2.05) is 24.3 Å². The Morgan fingerprint density at radius 2 is 1.89 bits per heavy atom. The maximum absolute atomic E-state index is 12.6. The van der Waals surface area contributed by atoms with Gasteiger partial charge in [-0.2, -0.15) is 0 Å². The van der Waals surface area contributed by atoms with Gasteiger partial charge >= 0.3 is 0 Å². The van der Waals surface area contributed by atoms with Crippen molar-refractivity contribution >= 4 is 11.6 Å². The molecule has 3 aromatic rings. The SMILES string of the molecule is CCc1ccc(NC(=O)C[n+]2cc(-c3ccc(OC)cc3)n3c2CCC3)cc1. The van der Waals surface area contributed by atoms with Gasteiger partial charge in [0.1, 0.15) is 11.9 Å². The number of anilines is 1. The van der Waals surface area contributed by atoms with Crippen LogP contribution < -0.4 is 14.6 Å². The first-order chi connectivity index (χ1) is 13.7. The Morgan fingerprint density at radius 3 is 2.57 bits per heavy atom. The lowest BCUT2D eigenvalue weighted by molar-refractivity contribution is -0.690. The maximum atomic E-state index is 12.6. The van der Waals surface area contributed by atoms with Crippen LogP contribution in [0.15, 0.2) is 54.7 Å². The van der Waals surface area contributed by atoms with Crippen molar-refractivity contribution < 1.29 is 14.1 Å². The number of carbonyl (C=O) groups is 1. The number of aryl methyl sites for hydroxylation is 1. The number of benzene rings is 2. The Hall–Kier alpha value is -3.08. The highest BCUT2D eigenvalue weighted by atomic mass is 16.5. The van der Waals surface area contributed by atoms with Crippen LogP contribution >= 0.6 is 0 Å². The molecule has 0 aliphatic carbocycles. The van der Waals surface area contributed by atoms with E-state index in [0.717, 1.165) is 48.5 Å². The molecule has 0 atom stereocenters. The summed E-state index contributed by atoms with van der Waals surface area (Å²) in [5.41, 5.74) is 4.39. The number of imidazole rings is 1. The van der Waals surface area contributed by atoms with E-state index in [9.17, 15) is 4.79 Å². The van der Waals surface area contributed by atoms with E-state index in [4.69, 9.17) is 4.74 Å². The zero-order valence-electron chi connectivity index (χ0n) is 16.4. The normalized spacial score (nSPS) is 12.6. The quantitative estimate of drug-likeness (QED) is 0.668. The number of ether oxygens (including phenoxy) is 1. The molecule has 1 N–H and O–H groups in total. The molecule has 4 rings (SSSR count). The number of carbonyl (C=O) groups excluding carboxylic acids is 1. The second-order valence-corrected chi connectivity index (χ2v) is 7.14. The summed E-state index contributed by atoms with van der Waals surface area (Å²) in [6.45, 7) is 3.43. The summed E-state index contributed by atoms with van der Waals surface area (Å²) in [4.78, 5) is 12.6. The standard InChI is InChI=1S/C23H25N3O2/c1-3-17-6-10-19(11-7-17)24-22(27)16-25-15-21(26-14-4-5-23(25)26)18-8-12-20(28-2)13-9-18/h6-13,15H,3-5,14,16H2,1-2H3/p+1. The molecule has 1 amide bonds. The molecule has 28 heavy (non-hydrogen) atoms. The molecule has 0 saturated carbocycles. The Labute approximate surface area is 165 Å². The summed E-state index contributed by atoms with van der Waals surface area (Å²) in [5.74, 6) is 2.05. The minimum atomic E-state index is -0.00386. The van der Waals surface area contributed by atoms with E-state index in [-0.39, 0.29) is 5.91 Å². The van der Waals surface area contributed by atoms with E-state index in [1.54, 1.807) is 7.11 Å². The van der Waals surface area contributed by atoms with Crippen LogP contribution in [0.25, 0.3) is 11.3 Å². The molecule has 144 valence electrons. The molecular formula is C23H26N3O2+. The first-order valence-electron chi connectivity index (χ1n) is 9.83. The number of methoxy groups -OCH3 is 1. The molecule has 1 aliphatic rings. The third-order valence-electron chi connectivity index (χ3n) is 5.34. The molecule has 0 radical (unpaired) electrons. The smallest absolute Gasteiger partial charge is 0.266 e. The number of hydrogen-bond donors (Lipinski definition) is 1. The average molecular weight is 376 g/mol. The highest BCUT2D eigenvalue weighted by Crippen LogP contribution is 2.26. The van der Waals surface area contributed by atoms with Gasteiger partial charge in [-0.05, 0) is 54.8 Å². The molecule has 0 spiro atoms. The van der Waals surface area contributed by atoms with Gasteiger partial charge in [-0.15, -0.1) is 0 Å². The molecule has 0 bridgehead atoms. The van der Waals surface area contributed by atoms with Crippen molar-refractivity contribution in [2.24, 2.45) is 0 Å². The predicted molar refractivity (Wildman–Crippen MR) is 109 cm³/mol. The van der Waals surface area contributed by atoms with Gasteiger partial charge in [-0.3, -0.25) is 4.79 Å². The van der Waals surface area contributed by atoms with Crippen molar-refractivity contribution in [1.82, 2.24) is 4.57 Å². The number of hydrogen-bond acceptors (Lipinski definition) is 2. The minimum absolute atomic E-state index is 0.00386. The van der Waals surface area contributed by atoms with Crippen molar-refractivity contribution in [3.63, 3.8) is 0 Å². The van der Waals surface area contributed by atoms with Crippen molar-refractivity contribution in [2.45, 2.75) is 39.3 Å². The first-order valence-corrected chi connectivity index (χ1v) is 9.83. The number of fused-ring (bicyclic) bond motifs is 1. The van der Waals surface area contributed by atoms with Crippen LogP contribution in [0.1, 0.15) is 24.7 Å². The molecule has 2 heterocycles. The average Bonchev–Trinajstić information content (AvgIpc) is 3.33. The monoisotopic (exact) mass is 376 g/mol. The van der Waals surface area contributed by atoms with E-state index < -0.39 is 0 Å². The molecule has 0 fully saturated rings. The molecule has 0 saturated heterocycles. The summed E-state index contributed by atoms with van der Waals surface area (Å²) >= 11 is 0. The van der Waals surface area contributed by atoms with E-state index in [2.05, 4.69) is 51.8 Å². The number of nitrogens with zero attached hydrogens (tertiary/aromatic N) is 2. The van der Waals surface area contributed by atoms with Crippen LogP contribution in [0.3, 0.4) is 0 Å². The lowest BCUT2D eigenvalue weighted by Gasteiger charge is -2.05. The summed E-state index contributed by atoms with van der Waals surface area (Å²) in [5, 5.41) is 3.01. The highest BCUT2D eigenvalue weighted by Gasteiger charge is 2.29. The third-order valence-corrected chi connectivity index (χ3v) is 5.34. The van der Waals surface area contributed by atoms with Gasteiger partial charge in [0, 0.05) is 11.3 Å². The Bertz CT molecular complexity index is 972. The lowest BCUT2D eigenvalue weighted by Crippen LogP contribution is -2.42.